The molecular weight excluding hydrogens is 403 g/mol. The fraction of sp³-hybridized carbons (Fsp3) is 0.273. The maximum atomic E-state index is 13.0. The molecule has 0 aliphatic heterocycles. The molecule has 0 aliphatic rings. The van der Waals surface area contributed by atoms with Gasteiger partial charge in [0.1, 0.15) is 11.6 Å². The van der Waals surface area contributed by atoms with Crippen molar-refractivity contribution < 1.29 is 23.2 Å². The van der Waals surface area contributed by atoms with Gasteiger partial charge in [0.15, 0.2) is 0 Å². The number of aromatic nitrogens is 2. The third-order valence-corrected chi connectivity index (χ3v) is 4.29. The van der Waals surface area contributed by atoms with E-state index in [1.807, 2.05) is 13.8 Å². The molecule has 8 nitrogen and oxygen atoms in total. The number of halogens is 1. The Labute approximate surface area is 179 Å². The predicted molar refractivity (Wildman–Crippen MR) is 112 cm³/mol. The van der Waals surface area contributed by atoms with Crippen LogP contribution in [0, 0.1) is 5.82 Å². The maximum Gasteiger partial charge on any atom is 0.321 e. The van der Waals surface area contributed by atoms with Gasteiger partial charge in [-0.15, -0.1) is 0 Å². The van der Waals surface area contributed by atoms with Gasteiger partial charge in [-0.1, -0.05) is 5.16 Å². The first-order chi connectivity index (χ1) is 14.8. The van der Waals surface area contributed by atoms with E-state index in [1.165, 1.54) is 17.0 Å². The van der Waals surface area contributed by atoms with Gasteiger partial charge in [-0.2, -0.15) is 4.98 Å². The predicted octanol–water partition coefficient (Wildman–Crippen LogP) is 3.97. The third kappa shape index (κ3) is 6.11. The van der Waals surface area contributed by atoms with Crippen LogP contribution in [0.25, 0.3) is 11.4 Å². The minimum absolute atomic E-state index is 0.0285. The average Bonchev–Trinajstić information content (AvgIpc) is 3.21. The van der Waals surface area contributed by atoms with E-state index in [0.717, 1.165) is 0 Å². The van der Waals surface area contributed by atoms with Crippen LogP contribution < -0.4 is 15.0 Å². The van der Waals surface area contributed by atoms with Crippen molar-refractivity contribution in [1.29, 1.82) is 0 Å². The Kier molecular flexibility index (Phi) is 6.96. The van der Waals surface area contributed by atoms with Crippen molar-refractivity contribution in [2.45, 2.75) is 32.7 Å². The molecule has 0 fully saturated rings. The molecule has 0 spiro atoms. The molecule has 2 aromatic carbocycles. The number of nitrogens with zero attached hydrogens (tertiary/aromatic N) is 3. The lowest BCUT2D eigenvalue weighted by Crippen LogP contribution is -2.40. The van der Waals surface area contributed by atoms with Crippen molar-refractivity contribution in [2.24, 2.45) is 0 Å². The SMILES string of the molecule is CC(C)NC(=O)N(C)c1ccc(OC(=O)CCc2nc(-c3ccc(F)cc3)no2)cc1. The number of aryl methyl sites for hydroxylation is 1. The molecule has 3 aromatic rings. The molecule has 0 atom stereocenters. The molecule has 1 aromatic heterocycles. The zero-order valence-electron chi connectivity index (χ0n) is 17.5. The van der Waals surface area contributed by atoms with Crippen molar-refractivity contribution in [3.63, 3.8) is 0 Å². The summed E-state index contributed by atoms with van der Waals surface area (Å²) in [5, 5.41) is 6.64. The first-order valence-corrected chi connectivity index (χ1v) is 9.75. The van der Waals surface area contributed by atoms with E-state index < -0.39 is 5.97 Å². The number of esters is 1. The van der Waals surface area contributed by atoms with Crippen LogP contribution in [0.3, 0.4) is 0 Å². The van der Waals surface area contributed by atoms with E-state index in [9.17, 15) is 14.0 Å². The largest absolute Gasteiger partial charge is 0.427 e. The van der Waals surface area contributed by atoms with Gasteiger partial charge in [-0.3, -0.25) is 9.69 Å². The van der Waals surface area contributed by atoms with Crippen LogP contribution in [-0.2, 0) is 11.2 Å². The Hall–Kier alpha value is -3.75. The highest BCUT2D eigenvalue weighted by Gasteiger charge is 2.14. The fourth-order valence-electron chi connectivity index (χ4n) is 2.66. The molecule has 31 heavy (non-hydrogen) atoms. The van der Waals surface area contributed by atoms with Crippen LogP contribution in [0.15, 0.2) is 53.1 Å². The summed E-state index contributed by atoms with van der Waals surface area (Å²) in [6.45, 7) is 3.76. The Bertz CT molecular complexity index is 1030. The van der Waals surface area contributed by atoms with Gasteiger partial charge in [-0.05, 0) is 62.4 Å². The van der Waals surface area contributed by atoms with Gasteiger partial charge < -0.3 is 14.6 Å². The van der Waals surface area contributed by atoms with Gasteiger partial charge in [-0.25, -0.2) is 9.18 Å². The molecule has 0 saturated heterocycles. The monoisotopic (exact) mass is 426 g/mol. The van der Waals surface area contributed by atoms with E-state index in [2.05, 4.69) is 15.5 Å². The molecule has 3 rings (SSSR count). The summed E-state index contributed by atoms with van der Waals surface area (Å²) in [4.78, 5) is 29.8. The molecule has 0 unspecified atom stereocenters. The molecule has 0 bridgehead atoms. The molecule has 162 valence electrons. The summed E-state index contributed by atoms with van der Waals surface area (Å²) in [7, 11) is 1.66. The highest BCUT2D eigenvalue weighted by atomic mass is 19.1. The first kappa shape index (κ1) is 21.9. The molecule has 0 radical (unpaired) electrons. The quantitative estimate of drug-likeness (QED) is 0.454. The number of benzene rings is 2. The second-order valence-corrected chi connectivity index (χ2v) is 7.15. The molecule has 1 heterocycles. The van der Waals surface area contributed by atoms with E-state index in [0.29, 0.717) is 22.8 Å². The normalized spacial score (nSPS) is 10.7. The Morgan fingerprint density at radius 2 is 1.81 bits per heavy atom. The second kappa shape index (κ2) is 9.84. The standard InChI is InChI=1S/C22H23FN4O4/c1-14(2)24-22(29)27(3)17-8-10-18(11-9-17)30-20(28)13-12-19-25-21(26-31-19)15-4-6-16(23)7-5-15/h4-11,14H,12-13H2,1-3H3,(H,24,29). The van der Waals surface area contributed by atoms with Gasteiger partial charge in [0.2, 0.25) is 11.7 Å². The second-order valence-electron chi connectivity index (χ2n) is 7.15. The summed E-state index contributed by atoms with van der Waals surface area (Å²) < 4.78 is 23.4. The van der Waals surface area contributed by atoms with E-state index >= 15 is 0 Å². The molecule has 9 heteroatoms. The summed E-state index contributed by atoms with van der Waals surface area (Å²) in [5.41, 5.74) is 1.28. The molecular formula is C22H23FN4O4. The zero-order chi connectivity index (χ0) is 22.4. The number of amides is 2. The van der Waals surface area contributed by atoms with Crippen molar-refractivity contribution in [3.05, 3.63) is 60.2 Å². The van der Waals surface area contributed by atoms with Crippen molar-refractivity contribution in [3.8, 4) is 17.1 Å². The molecule has 2 amide bonds. The van der Waals surface area contributed by atoms with Gasteiger partial charge in [0, 0.05) is 30.8 Å². The number of urea groups is 1. The van der Waals surface area contributed by atoms with Crippen molar-refractivity contribution in [2.75, 3.05) is 11.9 Å². The minimum Gasteiger partial charge on any atom is -0.427 e. The number of carbonyl (C=O) groups excluding carboxylic acids is 2. The zero-order valence-corrected chi connectivity index (χ0v) is 17.5. The smallest absolute Gasteiger partial charge is 0.321 e. The van der Waals surface area contributed by atoms with Crippen molar-refractivity contribution in [1.82, 2.24) is 15.5 Å². The van der Waals surface area contributed by atoms with Crippen molar-refractivity contribution >= 4 is 17.7 Å². The van der Waals surface area contributed by atoms with Crippen LogP contribution in [0.2, 0.25) is 0 Å². The number of rotatable bonds is 7. The lowest BCUT2D eigenvalue weighted by atomic mass is 10.2. The maximum absolute atomic E-state index is 13.0. The highest BCUT2D eigenvalue weighted by Crippen LogP contribution is 2.20. The topological polar surface area (TPSA) is 97.6 Å². The summed E-state index contributed by atoms with van der Waals surface area (Å²) in [6.07, 6.45) is 0.257. The Morgan fingerprint density at radius 3 is 2.45 bits per heavy atom. The fourth-order valence-corrected chi connectivity index (χ4v) is 2.66. The Morgan fingerprint density at radius 1 is 1.13 bits per heavy atom. The molecule has 1 N–H and O–H groups in total. The van der Waals surface area contributed by atoms with Gasteiger partial charge in [0.25, 0.3) is 0 Å². The number of ether oxygens (including phenoxy) is 1. The number of hydrogen-bond acceptors (Lipinski definition) is 6. The van der Waals surface area contributed by atoms with Crippen LogP contribution in [0.1, 0.15) is 26.2 Å². The van der Waals surface area contributed by atoms with E-state index in [4.69, 9.17) is 9.26 Å². The van der Waals surface area contributed by atoms with E-state index in [-0.39, 0.29) is 36.6 Å². The molecule has 0 saturated carbocycles. The lowest BCUT2D eigenvalue weighted by molar-refractivity contribution is -0.134. The highest BCUT2D eigenvalue weighted by molar-refractivity contribution is 5.91. The summed E-state index contributed by atoms with van der Waals surface area (Å²) in [6, 6.07) is 12.1. The molecule has 0 aliphatic carbocycles. The number of carbonyl (C=O) groups is 2. The summed E-state index contributed by atoms with van der Waals surface area (Å²) in [5.74, 6) is 0.159. The lowest BCUT2D eigenvalue weighted by Gasteiger charge is -2.20. The number of anilines is 1. The summed E-state index contributed by atoms with van der Waals surface area (Å²) >= 11 is 0. The first-order valence-electron chi connectivity index (χ1n) is 9.75. The van der Waals surface area contributed by atoms with Gasteiger partial charge in [0.05, 0.1) is 6.42 Å². The number of nitrogens with one attached hydrogen (secondary N) is 1. The van der Waals surface area contributed by atoms with E-state index in [1.54, 1.807) is 43.4 Å². The van der Waals surface area contributed by atoms with Crippen LogP contribution >= 0.6 is 0 Å². The van der Waals surface area contributed by atoms with Crippen LogP contribution in [-0.4, -0.2) is 35.2 Å². The Balaban J connectivity index is 1.51. The van der Waals surface area contributed by atoms with Crippen LogP contribution in [0.4, 0.5) is 14.9 Å². The van der Waals surface area contributed by atoms with Gasteiger partial charge >= 0.3 is 12.0 Å². The number of hydrogen-bond donors (Lipinski definition) is 1. The van der Waals surface area contributed by atoms with Crippen LogP contribution in [0.5, 0.6) is 5.75 Å². The minimum atomic E-state index is -0.458. The third-order valence-electron chi connectivity index (χ3n) is 4.29. The average molecular weight is 426 g/mol.